The molecule has 1 fully saturated rings. The molecule has 0 heterocycles. The van der Waals surface area contributed by atoms with Gasteiger partial charge in [0.1, 0.15) is 0 Å². The molecule has 76 valence electrons. The van der Waals surface area contributed by atoms with E-state index in [0.29, 0.717) is 6.04 Å². The molecule has 0 atom stereocenters. The summed E-state index contributed by atoms with van der Waals surface area (Å²) >= 11 is 0. The van der Waals surface area contributed by atoms with Gasteiger partial charge in [-0.25, -0.2) is 0 Å². The number of nitrogens with one attached hydrogen (secondary N) is 1. The zero-order valence-corrected chi connectivity index (χ0v) is 8.41. The average molecular weight is 205 g/mol. The van der Waals surface area contributed by atoms with Crippen LogP contribution in [0, 0.1) is 0 Å². The van der Waals surface area contributed by atoms with Crippen molar-refractivity contribution in [1.29, 1.82) is 0 Å². The minimum atomic E-state index is -3.98. The van der Waals surface area contributed by atoms with E-state index in [9.17, 15) is 4.57 Å². The summed E-state index contributed by atoms with van der Waals surface area (Å²) in [6, 6.07) is 0.400. The van der Waals surface area contributed by atoms with Gasteiger partial charge >= 0.3 is 7.60 Å². The van der Waals surface area contributed by atoms with Crippen molar-refractivity contribution in [2.45, 2.75) is 38.1 Å². The summed E-state index contributed by atoms with van der Waals surface area (Å²) in [7, 11) is -3.98. The van der Waals surface area contributed by atoms with Crippen LogP contribution in [0.15, 0.2) is 12.0 Å². The Hall–Kier alpha value is -0.310. The maximum absolute atomic E-state index is 10.4. The van der Waals surface area contributed by atoms with Gasteiger partial charge in [-0.3, -0.25) is 4.57 Å². The highest BCUT2D eigenvalue weighted by Crippen LogP contribution is 2.35. The zero-order valence-electron chi connectivity index (χ0n) is 7.52. The van der Waals surface area contributed by atoms with Gasteiger partial charge in [0.05, 0.1) is 0 Å². The molecule has 1 rings (SSSR count). The Bertz CT molecular complexity index is 217. The van der Waals surface area contributed by atoms with E-state index in [1.165, 1.54) is 25.5 Å². The van der Waals surface area contributed by atoms with Crippen LogP contribution in [-0.2, 0) is 4.57 Å². The van der Waals surface area contributed by atoms with Crippen molar-refractivity contribution < 1.29 is 14.4 Å². The van der Waals surface area contributed by atoms with E-state index in [0.717, 1.165) is 18.7 Å². The highest BCUT2D eigenvalue weighted by molar-refractivity contribution is 7.55. The van der Waals surface area contributed by atoms with Crippen LogP contribution in [0.5, 0.6) is 0 Å². The lowest BCUT2D eigenvalue weighted by Crippen LogP contribution is -2.26. The van der Waals surface area contributed by atoms with Crippen LogP contribution in [0.25, 0.3) is 0 Å². The molecule has 1 aliphatic carbocycles. The SMILES string of the molecule is O=P(O)(O)/C=C/NC1CCCCC1. The summed E-state index contributed by atoms with van der Waals surface area (Å²) < 4.78 is 10.4. The fourth-order valence-electron chi connectivity index (χ4n) is 1.55. The monoisotopic (exact) mass is 205 g/mol. The Labute approximate surface area is 78.2 Å². The van der Waals surface area contributed by atoms with Gasteiger partial charge in [0.15, 0.2) is 0 Å². The molecule has 1 saturated carbocycles. The maximum Gasteiger partial charge on any atom is 0.350 e. The molecule has 0 aromatic heterocycles. The molecule has 0 saturated heterocycles. The fraction of sp³-hybridized carbons (Fsp3) is 0.750. The molecule has 1 aliphatic rings. The lowest BCUT2D eigenvalue weighted by Gasteiger charge is -2.21. The van der Waals surface area contributed by atoms with E-state index >= 15 is 0 Å². The Morgan fingerprint density at radius 3 is 2.38 bits per heavy atom. The molecule has 0 bridgehead atoms. The molecule has 0 aliphatic heterocycles. The van der Waals surface area contributed by atoms with Crippen LogP contribution in [-0.4, -0.2) is 15.8 Å². The lowest BCUT2D eigenvalue weighted by molar-refractivity contribution is 0.384. The highest BCUT2D eigenvalue weighted by atomic mass is 31.2. The molecule has 4 nitrogen and oxygen atoms in total. The predicted molar refractivity (Wildman–Crippen MR) is 51.2 cm³/mol. The molecule has 13 heavy (non-hydrogen) atoms. The molecule has 0 unspecified atom stereocenters. The van der Waals surface area contributed by atoms with Crippen molar-refractivity contribution in [2.75, 3.05) is 0 Å². The van der Waals surface area contributed by atoms with Crippen LogP contribution in [0.4, 0.5) is 0 Å². The van der Waals surface area contributed by atoms with E-state index in [1.54, 1.807) is 0 Å². The fourth-order valence-corrected chi connectivity index (χ4v) is 1.83. The quantitative estimate of drug-likeness (QED) is 0.611. The number of hydrogen-bond acceptors (Lipinski definition) is 2. The lowest BCUT2D eigenvalue weighted by atomic mass is 9.96. The molecule has 0 amide bonds. The van der Waals surface area contributed by atoms with Crippen LogP contribution < -0.4 is 5.32 Å². The Morgan fingerprint density at radius 1 is 1.23 bits per heavy atom. The van der Waals surface area contributed by atoms with Crippen LogP contribution >= 0.6 is 7.60 Å². The molecular weight excluding hydrogens is 189 g/mol. The first-order chi connectivity index (χ1) is 6.08. The van der Waals surface area contributed by atoms with Crippen molar-refractivity contribution in [3.63, 3.8) is 0 Å². The third-order valence-corrected chi connectivity index (χ3v) is 2.74. The number of rotatable bonds is 3. The minimum Gasteiger partial charge on any atom is -0.388 e. The predicted octanol–water partition coefficient (Wildman–Crippen LogP) is 1.56. The second-order valence-corrected chi connectivity index (χ2v) is 4.88. The summed E-state index contributed by atoms with van der Waals surface area (Å²) in [5.74, 6) is 0.918. The van der Waals surface area contributed by atoms with E-state index in [2.05, 4.69) is 5.32 Å². The molecule has 0 spiro atoms. The van der Waals surface area contributed by atoms with Crippen molar-refractivity contribution in [3.8, 4) is 0 Å². The summed E-state index contributed by atoms with van der Waals surface area (Å²) in [6.45, 7) is 0. The zero-order chi connectivity index (χ0) is 9.73. The largest absolute Gasteiger partial charge is 0.388 e. The summed E-state index contributed by atoms with van der Waals surface area (Å²) in [5.41, 5.74) is 0. The van der Waals surface area contributed by atoms with Gasteiger partial charge in [0, 0.05) is 18.1 Å². The first-order valence-electron chi connectivity index (χ1n) is 4.57. The normalized spacial score (nSPS) is 20.8. The summed E-state index contributed by atoms with van der Waals surface area (Å²) in [4.78, 5) is 17.1. The van der Waals surface area contributed by atoms with Gasteiger partial charge < -0.3 is 15.1 Å². The Morgan fingerprint density at radius 2 is 1.85 bits per heavy atom. The van der Waals surface area contributed by atoms with Crippen molar-refractivity contribution in [2.24, 2.45) is 0 Å². The highest BCUT2D eigenvalue weighted by Gasteiger charge is 2.11. The van der Waals surface area contributed by atoms with Gasteiger partial charge in [0.25, 0.3) is 0 Å². The minimum absolute atomic E-state index is 0.400. The van der Waals surface area contributed by atoms with Gasteiger partial charge in [-0.15, -0.1) is 0 Å². The first-order valence-corrected chi connectivity index (χ1v) is 6.25. The van der Waals surface area contributed by atoms with E-state index < -0.39 is 7.60 Å². The average Bonchev–Trinajstić information content (AvgIpc) is 2.04. The molecule has 5 heteroatoms. The second kappa shape index (κ2) is 4.80. The van der Waals surface area contributed by atoms with Crippen molar-refractivity contribution in [3.05, 3.63) is 12.0 Å². The van der Waals surface area contributed by atoms with Gasteiger partial charge in [-0.05, 0) is 12.8 Å². The number of hydrogen-bond donors (Lipinski definition) is 3. The summed E-state index contributed by atoms with van der Waals surface area (Å²) in [6.07, 6.45) is 7.29. The van der Waals surface area contributed by atoms with E-state index in [1.807, 2.05) is 0 Å². The van der Waals surface area contributed by atoms with Gasteiger partial charge in [-0.1, -0.05) is 19.3 Å². The smallest absolute Gasteiger partial charge is 0.350 e. The molecule has 3 N–H and O–H groups in total. The summed E-state index contributed by atoms with van der Waals surface area (Å²) in [5, 5.41) is 3.01. The van der Waals surface area contributed by atoms with Crippen LogP contribution in [0.2, 0.25) is 0 Å². The molecule has 0 radical (unpaired) electrons. The van der Waals surface area contributed by atoms with Crippen molar-refractivity contribution >= 4 is 7.60 Å². The van der Waals surface area contributed by atoms with Crippen molar-refractivity contribution in [1.82, 2.24) is 5.32 Å². The Kier molecular flexibility index (Phi) is 3.97. The van der Waals surface area contributed by atoms with E-state index in [4.69, 9.17) is 9.79 Å². The second-order valence-electron chi connectivity index (χ2n) is 3.41. The topological polar surface area (TPSA) is 69.6 Å². The van der Waals surface area contributed by atoms with Gasteiger partial charge in [-0.2, -0.15) is 0 Å². The Balaban J connectivity index is 2.25. The molecule has 0 aromatic carbocycles. The molecule has 0 aromatic rings. The standard InChI is InChI=1S/C8H16NO3P/c10-13(11,12)7-6-9-8-4-2-1-3-5-8/h6-9H,1-5H2,(H2,10,11,12)/b7-6+. The third-order valence-electron chi connectivity index (χ3n) is 2.21. The van der Waals surface area contributed by atoms with Crippen LogP contribution in [0.1, 0.15) is 32.1 Å². The van der Waals surface area contributed by atoms with Crippen LogP contribution in [0.3, 0.4) is 0 Å². The van der Waals surface area contributed by atoms with E-state index in [-0.39, 0.29) is 0 Å². The third kappa shape index (κ3) is 5.09. The maximum atomic E-state index is 10.4. The first kappa shape index (κ1) is 10.8. The van der Waals surface area contributed by atoms with Gasteiger partial charge in [0.2, 0.25) is 0 Å². The molecular formula is C8H16NO3P.